The lowest BCUT2D eigenvalue weighted by Gasteiger charge is -2.21. The molecule has 0 aromatic carbocycles. The number of hydrogen-bond acceptors (Lipinski definition) is 15. The van der Waals surface area contributed by atoms with E-state index in [1.807, 2.05) is 0 Å². The number of aliphatic hydroxyl groups excluding tert-OH is 1. The molecule has 0 aliphatic rings. The van der Waals surface area contributed by atoms with E-state index in [9.17, 15) is 43.2 Å². The molecule has 104 heavy (non-hydrogen) atoms. The number of ether oxygens (including phenoxy) is 4. The van der Waals surface area contributed by atoms with Crippen molar-refractivity contribution in [1.29, 1.82) is 0 Å². The van der Waals surface area contributed by atoms with E-state index in [1.54, 1.807) is 0 Å². The van der Waals surface area contributed by atoms with E-state index < -0.39 is 97.5 Å². The van der Waals surface area contributed by atoms with Gasteiger partial charge in [0.05, 0.1) is 26.4 Å². The smallest absolute Gasteiger partial charge is 0.462 e. The summed E-state index contributed by atoms with van der Waals surface area (Å²) in [6.07, 6.45) is 68.2. The molecular weight excluding hydrogens is 1350 g/mol. The molecule has 0 aromatic heterocycles. The zero-order valence-electron chi connectivity index (χ0n) is 68.3. The van der Waals surface area contributed by atoms with Crippen LogP contribution in [0.15, 0.2) is 0 Å². The molecule has 0 amide bonds. The molecule has 19 heteroatoms. The molecule has 618 valence electrons. The average Bonchev–Trinajstić information content (AvgIpc) is 0.905. The molecule has 6 atom stereocenters. The van der Waals surface area contributed by atoms with Crippen molar-refractivity contribution < 1.29 is 80.2 Å². The van der Waals surface area contributed by atoms with Crippen molar-refractivity contribution in [1.82, 2.24) is 0 Å². The first-order chi connectivity index (χ1) is 50.4. The molecule has 0 aliphatic carbocycles. The molecule has 0 saturated carbocycles. The van der Waals surface area contributed by atoms with Crippen LogP contribution in [0.5, 0.6) is 0 Å². The number of phosphoric acid groups is 2. The molecule has 0 fully saturated rings. The molecule has 3 N–H and O–H groups in total. The normalized spacial score (nSPS) is 14.1. The lowest BCUT2D eigenvalue weighted by atomic mass is 9.99. The van der Waals surface area contributed by atoms with E-state index in [2.05, 4.69) is 41.5 Å². The monoisotopic (exact) mass is 1520 g/mol. The highest BCUT2D eigenvalue weighted by atomic mass is 31.2. The summed E-state index contributed by atoms with van der Waals surface area (Å²) < 4.78 is 68.8. The van der Waals surface area contributed by atoms with Gasteiger partial charge in [-0.05, 0) is 37.5 Å². The molecule has 3 unspecified atom stereocenters. The molecule has 0 bridgehead atoms. The molecular formula is C85H166O17P2. The fourth-order valence-electron chi connectivity index (χ4n) is 13.2. The van der Waals surface area contributed by atoms with E-state index in [1.165, 1.54) is 263 Å². The summed E-state index contributed by atoms with van der Waals surface area (Å²) >= 11 is 0. The highest BCUT2D eigenvalue weighted by Gasteiger charge is 2.30. The number of aliphatic hydroxyl groups is 1. The minimum atomic E-state index is -4.96. The Morgan fingerprint density at radius 2 is 0.490 bits per heavy atom. The van der Waals surface area contributed by atoms with Gasteiger partial charge in [0.25, 0.3) is 0 Å². The quantitative estimate of drug-likeness (QED) is 0.0222. The van der Waals surface area contributed by atoms with Crippen LogP contribution in [-0.2, 0) is 65.4 Å². The Labute approximate surface area is 638 Å². The Morgan fingerprint density at radius 3 is 0.731 bits per heavy atom. The molecule has 0 spiro atoms. The lowest BCUT2D eigenvalue weighted by molar-refractivity contribution is -0.161. The number of phosphoric ester groups is 2. The fraction of sp³-hybridized carbons (Fsp3) is 0.953. The highest BCUT2D eigenvalue weighted by molar-refractivity contribution is 7.47. The van der Waals surface area contributed by atoms with Gasteiger partial charge in [-0.15, -0.1) is 0 Å². The van der Waals surface area contributed by atoms with Gasteiger partial charge in [0.15, 0.2) is 12.2 Å². The van der Waals surface area contributed by atoms with Gasteiger partial charge in [-0.1, -0.05) is 401 Å². The Morgan fingerprint density at radius 1 is 0.279 bits per heavy atom. The highest BCUT2D eigenvalue weighted by Crippen LogP contribution is 2.45. The number of rotatable bonds is 84. The minimum absolute atomic E-state index is 0.108. The largest absolute Gasteiger partial charge is 0.472 e. The van der Waals surface area contributed by atoms with Gasteiger partial charge in [-0.3, -0.25) is 37.3 Å². The van der Waals surface area contributed by atoms with Crippen LogP contribution in [0.2, 0.25) is 0 Å². The maximum absolute atomic E-state index is 13.1. The second kappa shape index (κ2) is 76.4. The zero-order chi connectivity index (χ0) is 76.4. The molecule has 0 aromatic rings. The summed E-state index contributed by atoms with van der Waals surface area (Å²) in [4.78, 5) is 73.1. The molecule has 0 heterocycles. The van der Waals surface area contributed by atoms with Gasteiger partial charge in [0, 0.05) is 25.7 Å². The van der Waals surface area contributed by atoms with Crippen LogP contribution in [0.3, 0.4) is 0 Å². The van der Waals surface area contributed by atoms with Crippen molar-refractivity contribution >= 4 is 39.5 Å². The van der Waals surface area contributed by atoms with E-state index in [0.717, 1.165) is 102 Å². The van der Waals surface area contributed by atoms with Crippen LogP contribution >= 0.6 is 15.6 Å². The molecule has 0 radical (unpaired) electrons. The van der Waals surface area contributed by atoms with Gasteiger partial charge in [0.2, 0.25) is 0 Å². The third-order valence-corrected chi connectivity index (χ3v) is 22.2. The molecule has 17 nitrogen and oxygen atoms in total. The lowest BCUT2D eigenvalue weighted by Crippen LogP contribution is -2.30. The van der Waals surface area contributed by atoms with Gasteiger partial charge >= 0.3 is 39.5 Å². The van der Waals surface area contributed by atoms with Crippen LogP contribution in [0.4, 0.5) is 0 Å². The van der Waals surface area contributed by atoms with Crippen molar-refractivity contribution in [3.63, 3.8) is 0 Å². The van der Waals surface area contributed by atoms with Crippen LogP contribution in [0, 0.1) is 11.8 Å². The second-order valence-corrected chi connectivity index (χ2v) is 34.2. The first-order valence-corrected chi connectivity index (χ1v) is 47.0. The molecule has 0 saturated heterocycles. The van der Waals surface area contributed by atoms with Gasteiger partial charge in [-0.2, -0.15) is 0 Å². The first-order valence-electron chi connectivity index (χ1n) is 44.0. The topological polar surface area (TPSA) is 237 Å². The maximum Gasteiger partial charge on any atom is 0.472 e. The zero-order valence-corrected chi connectivity index (χ0v) is 70.1. The summed E-state index contributed by atoms with van der Waals surface area (Å²) in [5.74, 6) is -0.576. The third-order valence-electron chi connectivity index (χ3n) is 20.3. The summed E-state index contributed by atoms with van der Waals surface area (Å²) in [5.41, 5.74) is 0. The summed E-state index contributed by atoms with van der Waals surface area (Å²) in [6, 6.07) is 0. The Balaban J connectivity index is 5.22. The predicted molar refractivity (Wildman–Crippen MR) is 428 cm³/mol. The van der Waals surface area contributed by atoms with Crippen molar-refractivity contribution in [3.8, 4) is 0 Å². The summed E-state index contributed by atoms with van der Waals surface area (Å²) in [5, 5.41) is 10.7. The number of hydrogen-bond donors (Lipinski definition) is 3. The average molecular weight is 1520 g/mol. The van der Waals surface area contributed by atoms with Crippen LogP contribution in [0.25, 0.3) is 0 Å². The van der Waals surface area contributed by atoms with E-state index >= 15 is 0 Å². The van der Waals surface area contributed by atoms with Crippen LogP contribution in [0.1, 0.15) is 452 Å². The predicted octanol–water partition coefficient (Wildman–Crippen LogP) is 25.8. The number of carbonyl (C=O) groups excluding carboxylic acids is 4. The SMILES string of the molecule is CCCCCCCCCCCCCCCCCCCCCC(=O)O[C@H](COC(=O)CCCCCCCCCCCCCCCCC(C)CC)COP(=O)(O)OC[C@@H](O)COP(=O)(O)OC[C@@H](COC(=O)CCCCCCCCC(C)C)OC(=O)CCCCCCCCCCCCCCCCCCCC. The van der Waals surface area contributed by atoms with Gasteiger partial charge in [0.1, 0.15) is 19.3 Å². The van der Waals surface area contributed by atoms with E-state index in [0.29, 0.717) is 31.6 Å². The fourth-order valence-corrected chi connectivity index (χ4v) is 14.8. The Kier molecular flexibility index (Phi) is 75.0. The standard InChI is InChI=1S/C85H166O17P2/c1-7-10-12-14-16-18-20-22-24-26-28-30-32-38-42-46-50-58-63-69-84(89)101-80(73-95-82(87)67-61-55-48-44-40-36-34-33-35-39-43-47-54-60-66-78(6)9-3)75-99-103(91,92)97-71-79(86)72-98-104(93,94)100-76-81(74-96-83(88)68-62-56-52-51-53-59-65-77(4)5)102-85(90)70-64-57-49-45-41-37-31-29-27-25-23-21-19-17-15-13-11-8-2/h77-81,86H,7-76H2,1-6H3,(H,91,92)(H,93,94)/t78?,79-,80-,81-/m1/s1. The summed E-state index contributed by atoms with van der Waals surface area (Å²) in [7, 11) is -9.93. The van der Waals surface area contributed by atoms with Crippen molar-refractivity contribution in [2.45, 2.75) is 471 Å². The first kappa shape index (κ1) is 102. The maximum atomic E-state index is 13.1. The number of esters is 4. The van der Waals surface area contributed by atoms with E-state index in [4.69, 9.17) is 37.0 Å². The van der Waals surface area contributed by atoms with E-state index in [-0.39, 0.29) is 25.7 Å². The number of carbonyl (C=O) groups is 4. The van der Waals surface area contributed by atoms with Crippen molar-refractivity contribution in [2.24, 2.45) is 11.8 Å². The van der Waals surface area contributed by atoms with Gasteiger partial charge in [-0.25, -0.2) is 9.13 Å². The van der Waals surface area contributed by atoms with Crippen molar-refractivity contribution in [2.75, 3.05) is 39.6 Å². The summed E-state index contributed by atoms with van der Waals surface area (Å²) in [6.45, 7) is 9.64. The van der Waals surface area contributed by atoms with Gasteiger partial charge < -0.3 is 33.8 Å². The van der Waals surface area contributed by atoms with Crippen LogP contribution in [-0.4, -0.2) is 96.7 Å². The second-order valence-electron chi connectivity index (χ2n) is 31.3. The number of unbranched alkanes of at least 4 members (excludes halogenated alkanes) is 53. The third kappa shape index (κ3) is 76.8. The Hall–Kier alpha value is -1.94. The Bertz CT molecular complexity index is 2000. The minimum Gasteiger partial charge on any atom is -0.462 e. The van der Waals surface area contributed by atoms with Crippen molar-refractivity contribution in [3.05, 3.63) is 0 Å². The molecule has 0 rings (SSSR count). The van der Waals surface area contributed by atoms with Crippen LogP contribution < -0.4 is 0 Å². The molecule has 0 aliphatic heterocycles.